The molecule has 2 rings (SSSR count). The van der Waals surface area contributed by atoms with Crippen LogP contribution in [-0.4, -0.2) is 35.1 Å². The minimum atomic E-state index is 0.439. The van der Waals surface area contributed by atoms with E-state index in [-0.39, 0.29) is 0 Å². The Morgan fingerprint density at radius 2 is 2.05 bits per heavy atom. The van der Waals surface area contributed by atoms with E-state index < -0.39 is 0 Å². The molecule has 3 atom stereocenters. The molecular formula is C15H21Cl2NS2. The summed E-state index contributed by atoms with van der Waals surface area (Å²) < 4.78 is 0. The van der Waals surface area contributed by atoms with Crippen LogP contribution in [0, 0.1) is 0 Å². The van der Waals surface area contributed by atoms with Gasteiger partial charge in [0.1, 0.15) is 0 Å². The summed E-state index contributed by atoms with van der Waals surface area (Å²) in [5.41, 5.74) is 1.14. The molecule has 3 unspecified atom stereocenters. The molecule has 0 amide bonds. The van der Waals surface area contributed by atoms with Gasteiger partial charge >= 0.3 is 0 Å². The standard InChI is InChI=1S/C15H21Cl2NS2/c1-3-13-15(20-8-7-19-13)12(18-2)9-10-5-4-6-11(16)14(10)17/h4-6,12-13,15,18H,3,7-9H2,1-2H3. The fourth-order valence-corrected chi connectivity index (χ4v) is 6.34. The van der Waals surface area contributed by atoms with Gasteiger partial charge < -0.3 is 5.32 Å². The maximum atomic E-state index is 6.33. The lowest BCUT2D eigenvalue weighted by Gasteiger charge is -2.36. The highest BCUT2D eigenvalue weighted by Crippen LogP contribution is 2.37. The molecule has 1 aromatic carbocycles. The van der Waals surface area contributed by atoms with Crippen molar-refractivity contribution >= 4 is 46.7 Å². The highest BCUT2D eigenvalue weighted by molar-refractivity contribution is 8.07. The maximum Gasteiger partial charge on any atom is 0.0624 e. The van der Waals surface area contributed by atoms with Gasteiger partial charge in [-0.25, -0.2) is 0 Å². The van der Waals surface area contributed by atoms with Crippen molar-refractivity contribution < 1.29 is 0 Å². The third-order valence-corrected chi connectivity index (χ3v) is 8.00. The molecule has 1 nitrogen and oxygen atoms in total. The Kier molecular flexibility index (Phi) is 6.89. The summed E-state index contributed by atoms with van der Waals surface area (Å²) in [6.45, 7) is 2.29. The van der Waals surface area contributed by atoms with E-state index in [2.05, 4.69) is 48.9 Å². The Bertz CT molecular complexity index is 442. The van der Waals surface area contributed by atoms with Crippen LogP contribution in [0.3, 0.4) is 0 Å². The highest BCUT2D eigenvalue weighted by atomic mass is 35.5. The van der Waals surface area contributed by atoms with Gasteiger partial charge in [0.2, 0.25) is 0 Å². The smallest absolute Gasteiger partial charge is 0.0624 e. The number of rotatable bonds is 5. The molecule has 5 heteroatoms. The normalized spacial score (nSPS) is 24.6. The summed E-state index contributed by atoms with van der Waals surface area (Å²) in [5.74, 6) is 2.52. The van der Waals surface area contributed by atoms with Crippen LogP contribution in [0.25, 0.3) is 0 Å². The third kappa shape index (κ3) is 4.01. The predicted molar refractivity (Wildman–Crippen MR) is 95.8 cm³/mol. The second-order valence-electron chi connectivity index (χ2n) is 4.97. The van der Waals surface area contributed by atoms with E-state index in [9.17, 15) is 0 Å². The van der Waals surface area contributed by atoms with Gasteiger partial charge in [0, 0.05) is 28.0 Å². The molecular weight excluding hydrogens is 329 g/mol. The third-order valence-electron chi connectivity index (χ3n) is 3.73. The van der Waals surface area contributed by atoms with Crippen LogP contribution in [0.4, 0.5) is 0 Å². The van der Waals surface area contributed by atoms with Crippen molar-refractivity contribution in [2.75, 3.05) is 18.6 Å². The van der Waals surface area contributed by atoms with E-state index in [1.54, 1.807) is 0 Å². The zero-order valence-electron chi connectivity index (χ0n) is 11.9. The molecule has 112 valence electrons. The molecule has 1 saturated heterocycles. The van der Waals surface area contributed by atoms with Crippen molar-refractivity contribution in [3.05, 3.63) is 33.8 Å². The van der Waals surface area contributed by atoms with Crippen LogP contribution in [0.1, 0.15) is 18.9 Å². The van der Waals surface area contributed by atoms with E-state index in [0.717, 1.165) is 17.2 Å². The summed E-state index contributed by atoms with van der Waals surface area (Å²) in [6.07, 6.45) is 2.16. The molecule has 1 heterocycles. The maximum absolute atomic E-state index is 6.33. The van der Waals surface area contributed by atoms with Crippen LogP contribution in [-0.2, 0) is 6.42 Å². The SMILES string of the molecule is CCC1SCCSC1C(Cc1cccc(Cl)c1Cl)NC. The lowest BCUT2D eigenvalue weighted by Crippen LogP contribution is -2.45. The topological polar surface area (TPSA) is 12.0 Å². The van der Waals surface area contributed by atoms with E-state index in [1.165, 1.54) is 17.9 Å². The highest BCUT2D eigenvalue weighted by Gasteiger charge is 2.31. The first kappa shape index (κ1) is 16.8. The number of hydrogen-bond donors (Lipinski definition) is 1. The van der Waals surface area contributed by atoms with E-state index in [0.29, 0.717) is 21.3 Å². The zero-order chi connectivity index (χ0) is 14.5. The van der Waals surface area contributed by atoms with Crippen LogP contribution in [0.5, 0.6) is 0 Å². The fraction of sp³-hybridized carbons (Fsp3) is 0.600. The van der Waals surface area contributed by atoms with Gasteiger partial charge in [-0.05, 0) is 31.5 Å². The molecule has 0 spiro atoms. The summed E-state index contributed by atoms with van der Waals surface area (Å²) in [4.78, 5) is 0. The number of likely N-dealkylation sites (N-methyl/N-ethyl adjacent to an activating group) is 1. The first-order valence-corrected chi connectivity index (χ1v) is 9.86. The Balaban J connectivity index is 2.13. The van der Waals surface area contributed by atoms with Crippen molar-refractivity contribution in [1.82, 2.24) is 5.32 Å². The van der Waals surface area contributed by atoms with Gasteiger partial charge in [-0.1, -0.05) is 42.3 Å². The number of halogens is 2. The minimum absolute atomic E-state index is 0.439. The Hall–Kier alpha value is 0.460. The molecule has 1 aliphatic rings. The van der Waals surface area contributed by atoms with Gasteiger partial charge in [0.25, 0.3) is 0 Å². The van der Waals surface area contributed by atoms with Gasteiger partial charge in [-0.15, -0.1) is 0 Å². The van der Waals surface area contributed by atoms with Crippen molar-refractivity contribution in [2.24, 2.45) is 0 Å². The molecule has 0 saturated carbocycles. The lowest BCUT2D eigenvalue weighted by atomic mass is 10.00. The molecule has 1 aliphatic heterocycles. The van der Waals surface area contributed by atoms with E-state index >= 15 is 0 Å². The van der Waals surface area contributed by atoms with Gasteiger partial charge in [0.05, 0.1) is 10.0 Å². The average molecular weight is 350 g/mol. The first-order chi connectivity index (χ1) is 9.67. The van der Waals surface area contributed by atoms with Crippen molar-refractivity contribution in [3.8, 4) is 0 Å². The minimum Gasteiger partial charge on any atom is -0.316 e. The molecule has 1 fully saturated rings. The fourth-order valence-electron chi connectivity index (χ4n) is 2.64. The second kappa shape index (κ2) is 8.19. The number of hydrogen-bond acceptors (Lipinski definition) is 3. The van der Waals surface area contributed by atoms with E-state index in [4.69, 9.17) is 23.2 Å². The Labute approximate surface area is 140 Å². The van der Waals surface area contributed by atoms with Gasteiger partial charge in [-0.2, -0.15) is 23.5 Å². The van der Waals surface area contributed by atoms with Crippen LogP contribution >= 0.6 is 46.7 Å². The molecule has 20 heavy (non-hydrogen) atoms. The zero-order valence-corrected chi connectivity index (χ0v) is 15.0. The predicted octanol–water partition coefficient (Wildman–Crippen LogP) is 4.75. The monoisotopic (exact) mass is 349 g/mol. The van der Waals surface area contributed by atoms with Crippen molar-refractivity contribution in [3.63, 3.8) is 0 Å². The summed E-state index contributed by atoms with van der Waals surface area (Å²) >= 11 is 16.7. The Morgan fingerprint density at radius 3 is 2.75 bits per heavy atom. The van der Waals surface area contributed by atoms with Crippen LogP contribution < -0.4 is 5.32 Å². The van der Waals surface area contributed by atoms with Crippen LogP contribution in [0.2, 0.25) is 10.0 Å². The summed E-state index contributed by atoms with van der Waals surface area (Å²) in [6, 6.07) is 6.35. The van der Waals surface area contributed by atoms with Crippen molar-refractivity contribution in [1.29, 1.82) is 0 Å². The van der Waals surface area contributed by atoms with Gasteiger partial charge in [0.15, 0.2) is 0 Å². The number of nitrogens with one attached hydrogen (secondary N) is 1. The molecule has 0 bridgehead atoms. The molecule has 0 aliphatic carbocycles. The molecule has 0 radical (unpaired) electrons. The largest absolute Gasteiger partial charge is 0.316 e. The summed E-state index contributed by atoms with van der Waals surface area (Å²) in [7, 11) is 2.05. The second-order valence-corrected chi connectivity index (χ2v) is 8.38. The quantitative estimate of drug-likeness (QED) is 0.823. The molecule has 1 aromatic rings. The number of thioether (sulfide) groups is 2. The molecule has 1 N–H and O–H groups in total. The number of benzene rings is 1. The molecule has 0 aromatic heterocycles. The lowest BCUT2D eigenvalue weighted by molar-refractivity contribution is 0.517. The van der Waals surface area contributed by atoms with Gasteiger partial charge in [-0.3, -0.25) is 0 Å². The first-order valence-electron chi connectivity index (χ1n) is 7.00. The van der Waals surface area contributed by atoms with E-state index in [1.807, 2.05) is 12.1 Å². The summed E-state index contributed by atoms with van der Waals surface area (Å²) in [5, 5.41) is 6.21. The van der Waals surface area contributed by atoms with Crippen LogP contribution in [0.15, 0.2) is 18.2 Å². The average Bonchev–Trinajstić information content (AvgIpc) is 2.49. The Morgan fingerprint density at radius 1 is 1.30 bits per heavy atom. The van der Waals surface area contributed by atoms with Crippen molar-refractivity contribution in [2.45, 2.75) is 36.3 Å².